The van der Waals surface area contributed by atoms with E-state index in [-0.39, 0.29) is 52.0 Å². The van der Waals surface area contributed by atoms with Gasteiger partial charge in [0, 0.05) is 12.1 Å². The molecule has 2 heterocycles. The summed E-state index contributed by atoms with van der Waals surface area (Å²) in [4.78, 5) is 53.6. The van der Waals surface area contributed by atoms with E-state index in [2.05, 4.69) is 0 Å². The highest BCUT2D eigenvalue weighted by Crippen LogP contribution is 2.33. The van der Waals surface area contributed by atoms with Crippen LogP contribution in [-0.2, 0) is 9.53 Å². The van der Waals surface area contributed by atoms with Crippen molar-refractivity contribution >= 4 is 41.0 Å². The number of nitrogens with zero attached hydrogens (tertiary/aromatic N) is 2. The molecule has 2 aromatic rings. The Morgan fingerprint density at radius 2 is 1.66 bits per heavy atom. The second kappa shape index (κ2) is 8.74. The molecule has 0 N–H and O–H groups in total. The number of carbonyl (C=O) groups excluding carboxylic acids is 4. The average molecular weight is 455 g/mol. The molecule has 0 unspecified atom stereocenters. The molecule has 166 valence electrons. The molecule has 0 radical (unpaired) electrons. The van der Waals surface area contributed by atoms with Crippen molar-refractivity contribution in [1.82, 2.24) is 4.90 Å². The number of para-hydroxylation sites is 1. The van der Waals surface area contributed by atoms with Crippen LogP contribution in [0, 0.1) is 0 Å². The van der Waals surface area contributed by atoms with Gasteiger partial charge in [-0.15, -0.1) is 0 Å². The van der Waals surface area contributed by atoms with E-state index in [1.54, 1.807) is 29.2 Å². The van der Waals surface area contributed by atoms with E-state index in [4.69, 9.17) is 16.3 Å². The van der Waals surface area contributed by atoms with Crippen LogP contribution < -0.4 is 4.90 Å². The number of likely N-dealkylation sites (tertiary alicyclic amines) is 1. The zero-order valence-corrected chi connectivity index (χ0v) is 18.6. The Bertz CT molecular complexity index is 1110. The van der Waals surface area contributed by atoms with E-state index < -0.39 is 17.8 Å². The Hall–Kier alpha value is -3.19. The first-order valence-corrected chi connectivity index (χ1v) is 10.9. The summed E-state index contributed by atoms with van der Waals surface area (Å²) >= 11 is 6.16. The molecule has 2 aromatic carbocycles. The summed E-state index contributed by atoms with van der Waals surface area (Å²) < 4.78 is 5.23. The fourth-order valence-corrected chi connectivity index (χ4v) is 4.64. The van der Waals surface area contributed by atoms with E-state index in [9.17, 15) is 19.2 Å². The Morgan fingerprint density at radius 1 is 1.00 bits per heavy atom. The molecule has 1 saturated heterocycles. The van der Waals surface area contributed by atoms with Crippen molar-refractivity contribution in [2.24, 2.45) is 0 Å². The zero-order chi connectivity index (χ0) is 23.0. The van der Waals surface area contributed by atoms with Crippen molar-refractivity contribution < 1.29 is 23.9 Å². The number of halogens is 1. The lowest BCUT2D eigenvalue weighted by molar-refractivity contribution is -0.140. The third-order valence-corrected chi connectivity index (χ3v) is 6.34. The van der Waals surface area contributed by atoms with Crippen molar-refractivity contribution in [1.29, 1.82) is 0 Å². The van der Waals surface area contributed by atoms with E-state index in [1.807, 2.05) is 13.8 Å². The van der Waals surface area contributed by atoms with Crippen molar-refractivity contribution in [2.45, 2.75) is 45.2 Å². The largest absolute Gasteiger partial charge is 0.452 e. The lowest BCUT2D eigenvalue weighted by Crippen LogP contribution is -2.49. The molecule has 7 nitrogen and oxygen atoms in total. The number of benzene rings is 2. The lowest BCUT2D eigenvalue weighted by Gasteiger charge is -2.38. The second-order valence-electron chi connectivity index (χ2n) is 8.16. The highest BCUT2D eigenvalue weighted by molar-refractivity contribution is 6.39. The quantitative estimate of drug-likeness (QED) is 0.513. The third kappa shape index (κ3) is 3.88. The molecule has 0 aliphatic carbocycles. The number of hydrogen-bond donors (Lipinski definition) is 0. The molecular formula is C24H23ClN2O5. The van der Waals surface area contributed by atoms with Crippen LogP contribution in [0.1, 0.15) is 64.2 Å². The van der Waals surface area contributed by atoms with Crippen LogP contribution in [0.5, 0.6) is 0 Å². The number of rotatable bonds is 4. The van der Waals surface area contributed by atoms with E-state index in [0.29, 0.717) is 0 Å². The summed E-state index contributed by atoms with van der Waals surface area (Å²) in [5.74, 6) is -2.05. The molecule has 0 aromatic heterocycles. The van der Waals surface area contributed by atoms with E-state index in [0.717, 1.165) is 24.2 Å². The van der Waals surface area contributed by atoms with Crippen LogP contribution in [0.4, 0.5) is 5.69 Å². The Kier molecular flexibility index (Phi) is 6.02. The molecule has 0 saturated carbocycles. The molecule has 2 aliphatic heterocycles. The highest BCUT2D eigenvalue weighted by atomic mass is 35.5. The molecule has 32 heavy (non-hydrogen) atoms. The molecule has 4 rings (SSSR count). The van der Waals surface area contributed by atoms with Gasteiger partial charge >= 0.3 is 5.97 Å². The summed E-state index contributed by atoms with van der Waals surface area (Å²) in [5, 5.41) is 0.265. The van der Waals surface area contributed by atoms with Gasteiger partial charge in [0.05, 0.1) is 27.4 Å². The van der Waals surface area contributed by atoms with Crippen molar-refractivity contribution in [2.75, 3.05) is 11.5 Å². The van der Waals surface area contributed by atoms with Crippen LogP contribution >= 0.6 is 11.6 Å². The number of piperidine rings is 1. The molecule has 8 heteroatoms. The van der Waals surface area contributed by atoms with Gasteiger partial charge in [-0.05, 0) is 63.4 Å². The van der Waals surface area contributed by atoms with Crippen molar-refractivity contribution in [3.63, 3.8) is 0 Å². The third-order valence-electron chi connectivity index (χ3n) is 6.02. The summed E-state index contributed by atoms with van der Waals surface area (Å²) in [6.45, 7) is 3.61. The van der Waals surface area contributed by atoms with Gasteiger partial charge in [0.2, 0.25) is 0 Å². The van der Waals surface area contributed by atoms with Crippen LogP contribution in [0.3, 0.4) is 0 Å². The highest BCUT2D eigenvalue weighted by Gasteiger charge is 2.38. The van der Waals surface area contributed by atoms with Gasteiger partial charge in [-0.1, -0.05) is 23.7 Å². The first-order valence-electron chi connectivity index (χ1n) is 10.5. The van der Waals surface area contributed by atoms with Crippen LogP contribution in [0.2, 0.25) is 5.02 Å². The van der Waals surface area contributed by atoms with Crippen molar-refractivity contribution in [3.05, 3.63) is 64.2 Å². The number of carbonyl (C=O) groups is 4. The maximum atomic E-state index is 12.9. The summed E-state index contributed by atoms with van der Waals surface area (Å²) in [6.07, 6.45) is 2.92. The predicted molar refractivity (Wildman–Crippen MR) is 119 cm³/mol. The number of hydrogen-bond acceptors (Lipinski definition) is 5. The zero-order valence-electron chi connectivity index (χ0n) is 17.8. The lowest BCUT2D eigenvalue weighted by atomic mass is 9.97. The number of amides is 3. The number of esters is 1. The fraction of sp³-hybridized carbons (Fsp3) is 0.333. The minimum absolute atomic E-state index is 0.0916. The molecular weight excluding hydrogens is 432 g/mol. The van der Waals surface area contributed by atoms with Gasteiger partial charge in [-0.3, -0.25) is 14.4 Å². The van der Waals surface area contributed by atoms with E-state index >= 15 is 0 Å². The maximum Gasteiger partial charge on any atom is 0.338 e. The number of anilines is 1. The van der Waals surface area contributed by atoms with Gasteiger partial charge < -0.3 is 9.64 Å². The first-order chi connectivity index (χ1) is 15.3. The SMILES string of the molecule is C[C@H]1CCC[C@H](C)N1C(=O)COC(=O)c1ccc2c(c1)C(=O)N(c1ccccc1Cl)C2=O. The second-order valence-corrected chi connectivity index (χ2v) is 8.57. The van der Waals surface area contributed by atoms with Gasteiger partial charge in [0.25, 0.3) is 17.7 Å². The minimum Gasteiger partial charge on any atom is -0.452 e. The fourth-order valence-electron chi connectivity index (χ4n) is 4.42. The van der Waals surface area contributed by atoms with Crippen LogP contribution in [0.25, 0.3) is 0 Å². The van der Waals surface area contributed by atoms with Gasteiger partial charge in [-0.2, -0.15) is 0 Å². The van der Waals surface area contributed by atoms with Crippen molar-refractivity contribution in [3.8, 4) is 0 Å². The van der Waals surface area contributed by atoms with Gasteiger partial charge in [0.15, 0.2) is 6.61 Å². The smallest absolute Gasteiger partial charge is 0.338 e. The Labute approximate surface area is 190 Å². The molecule has 2 aliphatic rings. The average Bonchev–Trinajstić information content (AvgIpc) is 3.02. The minimum atomic E-state index is -0.727. The van der Waals surface area contributed by atoms with Crippen LogP contribution in [-0.4, -0.2) is 47.3 Å². The summed E-state index contributed by atoms with van der Waals surface area (Å²) in [5.41, 5.74) is 0.644. The van der Waals surface area contributed by atoms with E-state index in [1.165, 1.54) is 18.2 Å². The molecule has 3 amide bonds. The van der Waals surface area contributed by atoms with Crippen LogP contribution in [0.15, 0.2) is 42.5 Å². The monoisotopic (exact) mass is 454 g/mol. The molecule has 0 spiro atoms. The standard InChI is InChI=1S/C24H23ClN2O5/c1-14-6-5-7-15(2)26(14)21(28)13-32-24(31)16-10-11-17-18(12-16)23(30)27(22(17)29)20-9-4-3-8-19(20)25/h3-4,8-12,14-15H,5-7,13H2,1-2H3/t14-,15-/m0/s1. The number of fused-ring (bicyclic) bond motifs is 1. The predicted octanol–water partition coefficient (Wildman–Crippen LogP) is 4.09. The van der Waals surface area contributed by atoms with Gasteiger partial charge in [0.1, 0.15) is 0 Å². The maximum absolute atomic E-state index is 12.9. The number of imide groups is 1. The first kappa shape index (κ1) is 22.0. The summed E-state index contributed by atoms with van der Waals surface area (Å²) in [7, 11) is 0. The Morgan fingerprint density at radius 3 is 2.34 bits per heavy atom. The molecule has 1 fully saturated rings. The Balaban J connectivity index is 1.49. The molecule has 0 bridgehead atoms. The molecule has 2 atom stereocenters. The normalized spacial score (nSPS) is 20.3. The van der Waals surface area contributed by atoms with Gasteiger partial charge in [-0.25, -0.2) is 9.69 Å². The summed E-state index contributed by atoms with van der Waals surface area (Å²) in [6, 6.07) is 10.9. The topological polar surface area (TPSA) is 84.0 Å². The number of ether oxygens (including phenoxy) is 1.